The topological polar surface area (TPSA) is 12.9 Å². The molecule has 1 nitrogen and oxygen atoms in total. The lowest BCUT2D eigenvalue weighted by Crippen LogP contribution is -1.94. The van der Waals surface area contributed by atoms with E-state index < -0.39 is 0 Å². The zero-order valence-corrected chi connectivity index (χ0v) is 12.5. The van der Waals surface area contributed by atoms with Crippen LogP contribution in [-0.2, 0) is 6.42 Å². The number of hydrogen-bond acceptors (Lipinski definition) is 1. The van der Waals surface area contributed by atoms with Crippen molar-refractivity contribution in [3.63, 3.8) is 0 Å². The zero-order valence-electron chi connectivity index (χ0n) is 12.5. The van der Waals surface area contributed by atoms with Gasteiger partial charge in [-0.3, -0.25) is 0 Å². The monoisotopic (exact) mass is 263 g/mol. The van der Waals surface area contributed by atoms with E-state index in [9.17, 15) is 0 Å². The summed E-state index contributed by atoms with van der Waals surface area (Å²) >= 11 is 0. The van der Waals surface area contributed by atoms with Crippen molar-refractivity contribution in [2.75, 3.05) is 0 Å². The molecule has 0 aliphatic rings. The van der Waals surface area contributed by atoms with Gasteiger partial charge < -0.3 is 0 Å². The minimum atomic E-state index is 0.841. The summed E-state index contributed by atoms with van der Waals surface area (Å²) in [6.07, 6.45) is 3.53. The van der Waals surface area contributed by atoms with Gasteiger partial charge in [-0.05, 0) is 61.9 Å². The SMILES string of the molecule is CCCCc1c(C)cccc1C#Cc1cccc(C)n1. The van der Waals surface area contributed by atoms with Crippen LogP contribution >= 0.6 is 0 Å². The molecular weight excluding hydrogens is 242 g/mol. The molecular formula is C19H21N. The van der Waals surface area contributed by atoms with Crippen LogP contribution in [0.4, 0.5) is 0 Å². The van der Waals surface area contributed by atoms with Crippen LogP contribution in [0.25, 0.3) is 0 Å². The van der Waals surface area contributed by atoms with Crippen molar-refractivity contribution in [1.82, 2.24) is 4.98 Å². The average Bonchev–Trinajstić information content (AvgIpc) is 2.44. The third kappa shape index (κ3) is 3.71. The quantitative estimate of drug-likeness (QED) is 0.746. The highest BCUT2D eigenvalue weighted by molar-refractivity contribution is 5.48. The van der Waals surface area contributed by atoms with Crippen molar-refractivity contribution >= 4 is 0 Å². The molecule has 1 aromatic carbocycles. The Balaban J connectivity index is 2.32. The van der Waals surface area contributed by atoms with E-state index in [0.29, 0.717) is 0 Å². The Morgan fingerprint density at radius 2 is 1.80 bits per heavy atom. The van der Waals surface area contributed by atoms with Gasteiger partial charge in [0.05, 0.1) is 0 Å². The van der Waals surface area contributed by atoms with Crippen molar-refractivity contribution in [3.05, 3.63) is 64.5 Å². The summed E-state index contributed by atoms with van der Waals surface area (Å²) in [5.41, 5.74) is 5.71. The Hall–Kier alpha value is -2.07. The highest BCUT2D eigenvalue weighted by Gasteiger charge is 2.03. The number of pyridine rings is 1. The van der Waals surface area contributed by atoms with Crippen LogP contribution in [0, 0.1) is 25.7 Å². The van der Waals surface area contributed by atoms with Gasteiger partial charge in [-0.1, -0.05) is 37.5 Å². The van der Waals surface area contributed by atoms with Crippen molar-refractivity contribution < 1.29 is 0 Å². The first-order valence-electron chi connectivity index (χ1n) is 7.25. The Morgan fingerprint density at radius 1 is 1.00 bits per heavy atom. The largest absolute Gasteiger partial charge is 0.245 e. The molecule has 0 saturated carbocycles. The molecule has 20 heavy (non-hydrogen) atoms. The Bertz CT molecular complexity index is 644. The predicted octanol–water partition coefficient (Wildman–Crippen LogP) is 4.44. The Labute approximate surface area is 122 Å². The lowest BCUT2D eigenvalue weighted by Gasteiger charge is -2.07. The van der Waals surface area contributed by atoms with E-state index in [0.717, 1.165) is 23.4 Å². The number of aromatic nitrogens is 1. The van der Waals surface area contributed by atoms with Gasteiger partial charge in [-0.2, -0.15) is 0 Å². The molecule has 1 heteroatoms. The summed E-state index contributed by atoms with van der Waals surface area (Å²) in [5.74, 6) is 6.48. The van der Waals surface area contributed by atoms with Crippen LogP contribution < -0.4 is 0 Å². The molecule has 0 fully saturated rings. The smallest absolute Gasteiger partial charge is 0.113 e. The number of rotatable bonds is 3. The van der Waals surface area contributed by atoms with Crippen LogP contribution in [0.3, 0.4) is 0 Å². The van der Waals surface area contributed by atoms with Gasteiger partial charge in [-0.25, -0.2) is 4.98 Å². The normalized spacial score (nSPS) is 9.95. The standard InChI is InChI=1S/C19H21N/c1-4-5-12-19-15(2)8-6-10-17(19)13-14-18-11-7-9-16(3)20-18/h6-11H,4-5,12H2,1-3H3. The van der Waals surface area contributed by atoms with Crippen LogP contribution in [0.15, 0.2) is 36.4 Å². The van der Waals surface area contributed by atoms with Gasteiger partial charge in [0.15, 0.2) is 0 Å². The molecule has 2 aromatic rings. The van der Waals surface area contributed by atoms with Gasteiger partial charge in [-0.15, -0.1) is 0 Å². The van der Waals surface area contributed by atoms with E-state index in [2.05, 4.69) is 48.9 Å². The maximum absolute atomic E-state index is 4.43. The third-order valence-corrected chi connectivity index (χ3v) is 3.40. The summed E-state index contributed by atoms with van der Waals surface area (Å²) in [4.78, 5) is 4.43. The fourth-order valence-corrected chi connectivity index (χ4v) is 2.25. The highest BCUT2D eigenvalue weighted by atomic mass is 14.7. The van der Waals surface area contributed by atoms with Crippen LogP contribution in [0.2, 0.25) is 0 Å². The molecule has 0 radical (unpaired) electrons. The molecule has 1 aromatic heterocycles. The van der Waals surface area contributed by atoms with E-state index >= 15 is 0 Å². The van der Waals surface area contributed by atoms with Crippen LogP contribution in [0.1, 0.15) is 47.8 Å². The number of nitrogens with zero attached hydrogens (tertiary/aromatic N) is 1. The number of hydrogen-bond donors (Lipinski definition) is 0. The molecule has 0 bridgehead atoms. The second kappa shape index (κ2) is 6.91. The third-order valence-electron chi connectivity index (χ3n) is 3.40. The van der Waals surface area contributed by atoms with E-state index in [1.165, 1.54) is 24.0 Å². The summed E-state index contributed by atoms with van der Waals surface area (Å²) in [7, 11) is 0. The first kappa shape index (κ1) is 14.3. The maximum Gasteiger partial charge on any atom is 0.113 e. The van der Waals surface area contributed by atoms with Crippen molar-refractivity contribution in [1.29, 1.82) is 0 Å². The molecule has 0 aliphatic heterocycles. The van der Waals surface area contributed by atoms with Gasteiger partial charge in [0.25, 0.3) is 0 Å². The maximum atomic E-state index is 4.43. The molecule has 1 heterocycles. The van der Waals surface area contributed by atoms with Gasteiger partial charge in [0.2, 0.25) is 0 Å². The van der Waals surface area contributed by atoms with Crippen molar-refractivity contribution in [3.8, 4) is 11.8 Å². The minimum Gasteiger partial charge on any atom is -0.245 e. The first-order chi connectivity index (χ1) is 9.70. The van der Waals surface area contributed by atoms with E-state index in [1.807, 2.05) is 25.1 Å². The summed E-state index contributed by atoms with van der Waals surface area (Å²) in [6.45, 7) is 6.38. The molecule has 0 amide bonds. The zero-order chi connectivity index (χ0) is 14.4. The predicted molar refractivity (Wildman–Crippen MR) is 84.7 cm³/mol. The molecule has 0 aliphatic carbocycles. The molecule has 0 saturated heterocycles. The summed E-state index contributed by atoms with van der Waals surface area (Å²) in [5, 5.41) is 0. The fourth-order valence-electron chi connectivity index (χ4n) is 2.25. The molecule has 102 valence electrons. The molecule has 0 unspecified atom stereocenters. The number of benzene rings is 1. The lowest BCUT2D eigenvalue weighted by molar-refractivity contribution is 0.790. The Morgan fingerprint density at radius 3 is 2.55 bits per heavy atom. The average molecular weight is 263 g/mol. The summed E-state index contributed by atoms with van der Waals surface area (Å²) < 4.78 is 0. The second-order valence-electron chi connectivity index (χ2n) is 5.12. The second-order valence-corrected chi connectivity index (χ2v) is 5.12. The number of aryl methyl sites for hydroxylation is 2. The minimum absolute atomic E-state index is 0.841. The van der Waals surface area contributed by atoms with Crippen LogP contribution in [0.5, 0.6) is 0 Å². The van der Waals surface area contributed by atoms with E-state index in [1.54, 1.807) is 0 Å². The molecule has 0 N–H and O–H groups in total. The molecule has 2 rings (SSSR count). The van der Waals surface area contributed by atoms with Gasteiger partial charge in [0.1, 0.15) is 5.69 Å². The summed E-state index contributed by atoms with van der Waals surface area (Å²) in [6, 6.07) is 12.3. The van der Waals surface area contributed by atoms with Crippen molar-refractivity contribution in [2.45, 2.75) is 40.0 Å². The van der Waals surface area contributed by atoms with Crippen molar-refractivity contribution in [2.24, 2.45) is 0 Å². The first-order valence-corrected chi connectivity index (χ1v) is 7.25. The van der Waals surface area contributed by atoms with Gasteiger partial charge >= 0.3 is 0 Å². The van der Waals surface area contributed by atoms with E-state index in [4.69, 9.17) is 0 Å². The molecule has 0 atom stereocenters. The highest BCUT2D eigenvalue weighted by Crippen LogP contribution is 2.16. The van der Waals surface area contributed by atoms with E-state index in [-0.39, 0.29) is 0 Å². The molecule has 0 spiro atoms. The lowest BCUT2D eigenvalue weighted by atomic mass is 9.97. The number of unbranched alkanes of at least 4 members (excludes halogenated alkanes) is 1. The Kier molecular flexibility index (Phi) is 4.96. The van der Waals surface area contributed by atoms with Gasteiger partial charge in [0, 0.05) is 11.3 Å². The fraction of sp³-hybridized carbons (Fsp3) is 0.316. The van der Waals surface area contributed by atoms with Crippen LogP contribution in [-0.4, -0.2) is 4.98 Å².